The Balaban J connectivity index is 1.92. The smallest absolute Gasteiger partial charge is 0.115 e. The van der Waals surface area contributed by atoms with Crippen LogP contribution in [0.25, 0.3) is 0 Å². The van der Waals surface area contributed by atoms with Crippen LogP contribution in [0.3, 0.4) is 0 Å². The minimum atomic E-state index is -0.488. The molecular formula is C14H16N2O. The summed E-state index contributed by atoms with van der Waals surface area (Å²) in [6.45, 7) is 2.07. The second-order valence-corrected chi connectivity index (χ2v) is 4.21. The molecule has 1 aromatic heterocycles. The van der Waals surface area contributed by atoms with Crippen LogP contribution >= 0.6 is 0 Å². The van der Waals surface area contributed by atoms with E-state index in [4.69, 9.17) is 0 Å². The highest BCUT2D eigenvalue weighted by Gasteiger charge is 2.07. The molecule has 0 aliphatic heterocycles. The first-order valence-corrected chi connectivity index (χ1v) is 5.74. The van der Waals surface area contributed by atoms with Crippen molar-refractivity contribution in [3.05, 3.63) is 59.7 Å². The van der Waals surface area contributed by atoms with Crippen molar-refractivity contribution in [3.8, 4) is 0 Å². The zero-order valence-corrected chi connectivity index (χ0v) is 9.87. The predicted molar refractivity (Wildman–Crippen MR) is 66.5 cm³/mol. The summed E-state index contributed by atoms with van der Waals surface area (Å²) in [4.78, 5) is 7.80. The van der Waals surface area contributed by atoms with Gasteiger partial charge in [-0.2, -0.15) is 0 Å². The van der Waals surface area contributed by atoms with Crippen molar-refractivity contribution >= 4 is 0 Å². The third-order valence-electron chi connectivity index (χ3n) is 2.79. The lowest BCUT2D eigenvalue weighted by Crippen LogP contribution is -2.00. The van der Waals surface area contributed by atoms with Crippen molar-refractivity contribution in [2.24, 2.45) is 0 Å². The average molecular weight is 228 g/mol. The molecule has 0 radical (unpaired) electrons. The van der Waals surface area contributed by atoms with Crippen LogP contribution in [0.2, 0.25) is 0 Å². The quantitative estimate of drug-likeness (QED) is 0.874. The Hall–Kier alpha value is -1.74. The molecule has 1 N–H and O–H groups in total. The molecule has 0 fully saturated rings. The Kier molecular flexibility index (Phi) is 3.83. The van der Waals surface area contributed by atoms with E-state index in [0.29, 0.717) is 6.42 Å². The minimum Gasteiger partial charge on any atom is -0.388 e. The monoisotopic (exact) mass is 228 g/mol. The van der Waals surface area contributed by atoms with Crippen LogP contribution in [0.1, 0.15) is 29.2 Å². The molecule has 0 saturated heterocycles. The first-order chi connectivity index (χ1) is 8.25. The van der Waals surface area contributed by atoms with Gasteiger partial charge >= 0.3 is 0 Å². The molecule has 3 nitrogen and oxygen atoms in total. The maximum absolute atomic E-state index is 9.96. The maximum Gasteiger partial charge on any atom is 0.115 e. The highest BCUT2D eigenvalue weighted by molar-refractivity contribution is 5.21. The van der Waals surface area contributed by atoms with Gasteiger partial charge in [0.05, 0.1) is 6.10 Å². The Morgan fingerprint density at radius 3 is 2.41 bits per heavy atom. The van der Waals surface area contributed by atoms with Crippen molar-refractivity contribution in [2.75, 3.05) is 0 Å². The molecule has 0 spiro atoms. The fourth-order valence-corrected chi connectivity index (χ4v) is 1.71. The van der Waals surface area contributed by atoms with E-state index in [-0.39, 0.29) is 0 Å². The van der Waals surface area contributed by atoms with Crippen LogP contribution in [0.15, 0.2) is 43.0 Å². The van der Waals surface area contributed by atoms with Gasteiger partial charge in [0.1, 0.15) is 6.33 Å². The SMILES string of the molecule is Cc1ccc(CCC(O)c2cncnc2)cc1. The van der Waals surface area contributed by atoms with Crippen molar-refractivity contribution in [2.45, 2.75) is 25.9 Å². The van der Waals surface area contributed by atoms with Gasteiger partial charge in [-0.05, 0) is 25.3 Å². The molecule has 1 aromatic carbocycles. The fraction of sp³-hybridized carbons (Fsp3) is 0.286. The third-order valence-corrected chi connectivity index (χ3v) is 2.79. The average Bonchev–Trinajstić information content (AvgIpc) is 2.39. The van der Waals surface area contributed by atoms with E-state index in [1.807, 2.05) is 0 Å². The van der Waals surface area contributed by atoms with Gasteiger partial charge in [-0.3, -0.25) is 0 Å². The van der Waals surface area contributed by atoms with Crippen LogP contribution in [0, 0.1) is 6.92 Å². The van der Waals surface area contributed by atoms with Gasteiger partial charge in [0.2, 0.25) is 0 Å². The van der Waals surface area contributed by atoms with Crippen LogP contribution in [-0.4, -0.2) is 15.1 Å². The molecule has 1 heterocycles. The zero-order valence-electron chi connectivity index (χ0n) is 9.87. The summed E-state index contributed by atoms with van der Waals surface area (Å²) in [6, 6.07) is 8.38. The van der Waals surface area contributed by atoms with Crippen LogP contribution < -0.4 is 0 Å². The van der Waals surface area contributed by atoms with E-state index < -0.39 is 6.10 Å². The first-order valence-electron chi connectivity index (χ1n) is 5.74. The van der Waals surface area contributed by atoms with Gasteiger partial charge in [-0.15, -0.1) is 0 Å². The molecule has 0 saturated carbocycles. The lowest BCUT2D eigenvalue weighted by Gasteiger charge is -2.09. The molecule has 2 rings (SSSR count). The topological polar surface area (TPSA) is 46.0 Å². The van der Waals surface area contributed by atoms with Gasteiger partial charge in [0.25, 0.3) is 0 Å². The van der Waals surface area contributed by atoms with E-state index in [2.05, 4.69) is 41.2 Å². The maximum atomic E-state index is 9.96. The molecule has 0 amide bonds. The van der Waals surface area contributed by atoms with Gasteiger partial charge < -0.3 is 5.11 Å². The second-order valence-electron chi connectivity index (χ2n) is 4.21. The van der Waals surface area contributed by atoms with Crippen LogP contribution in [0.4, 0.5) is 0 Å². The van der Waals surface area contributed by atoms with Crippen molar-refractivity contribution in [3.63, 3.8) is 0 Å². The Morgan fingerprint density at radius 1 is 1.12 bits per heavy atom. The largest absolute Gasteiger partial charge is 0.388 e. The standard InChI is InChI=1S/C14H16N2O/c1-11-2-4-12(5-3-11)6-7-14(17)13-8-15-10-16-9-13/h2-5,8-10,14,17H,6-7H2,1H3. The summed E-state index contributed by atoms with van der Waals surface area (Å²) >= 11 is 0. The Labute approximate surface area is 101 Å². The Morgan fingerprint density at radius 2 is 1.76 bits per heavy atom. The summed E-state index contributed by atoms with van der Waals surface area (Å²) in [6.07, 6.45) is 5.85. The molecule has 0 aliphatic carbocycles. The second kappa shape index (κ2) is 5.55. The van der Waals surface area contributed by atoms with E-state index in [1.165, 1.54) is 17.5 Å². The first kappa shape index (κ1) is 11.7. The van der Waals surface area contributed by atoms with E-state index in [1.54, 1.807) is 12.4 Å². The predicted octanol–water partition coefficient (Wildman–Crippen LogP) is 2.45. The van der Waals surface area contributed by atoms with Gasteiger partial charge in [-0.25, -0.2) is 9.97 Å². The molecule has 88 valence electrons. The summed E-state index contributed by atoms with van der Waals surface area (Å²) in [7, 11) is 0. The number of hydrogen-bond donors (Lipinski definition) is 1. The zero-order chi connectivity index (χ0) is 12.1. The summed E-state index contributed by atoms with van der Waals surface area (Å²) in [5.74, 6) is 0. The third kappa shape index (κ3) is 3.36. The molecule has 3 heteroatoms. The fourth-order valence-electron chi connectivity index (χ4n) is 1.71. The lowest BCUT2D eigenvalue weighted by atomic mass is 10.0. The number of benzene rings is 1. The summed E-state index contributed by atoms with van der Waals surface area (Å²) < 4.78 is 0. The lowest BCUT2D eigenvalue weighted by molar-refractivity contribution is 0.167. The number of nitrogens with zero attached hydrogens (tertiary/aromatic N) is 2. The molecule has 1 unspecified atom stereocenters. The number of aryl methyl sites for hydroxylation is 2. The minimum absolute atomic E-state index is 0.488. The van der Waals surface area contributed by atoms with E-state index >= 15 is 0 Å². The number of aliphatic hydroxyl groups excluding tert-OH is 1. The van der Waals surface area contributed by atoms with Gasteiger partial charge in [0, 0.05) is 18.0 Å². The van der Waals surface area contributed by atoms with Crippen LogP contribution in [0.5, 0.6) is 0 Å². The molecule has 0 aliphatic rings. The highest BCUT2D eigenvalue weighted by Crippen LogP contribution is 2.17. The molecule has 0 bridgehead atoms. The van der Waals surface area contributed by atoms with Crippen molar-refractivity contribution in [1.82, 2.24) is 9.97 Å². The summed E-state index contributed by atoms with van der Waals surface area (Å²) in [5.41, 5.74) is 3.27. The molecule has 2 aromatic rings. The summed E-state index contributed by atoms with van der Waals surface area (Å²) in [5, 5.41) is 9.96. The van der Waals surface area contributed by atoms with Gasteiger partial charge in [0.15, 0.2) is 0 Å². The van der Waals surface area contributed by atoms with Crippen LogP contribution in [-0.2, 0) is 6.42 Å². The molecular weight excluding hydrogens is 212 g/mol. The van der Waals surface area contributed by atoms with E-state index in [0.717, 1.165) is 12.0 Å². The molecule has 1 atom stereocenters. The number of aliphatic hydroxyl groups is 1. The van der Waals surface area contributed by atoms with Gasteiger partial charge in [-0.1, -0.05) is 29.8 Å². The van der Waals surface area contributed by atoms with E-state index in [9.17, 15) is 5.11 Å². The van der Waals surface area contributed by atoms with Crippen molar-refractivity contribution in [1.29, 1.82) is 0 Å². The number of rotatable bonds is 4. The normalized spacial score (nSPS) is 12.4. The molecule has 17 heavy (non-hydrogen) atoms. The van der Waals surface area contributed by atoms with Crippen molar-refractivity contribution < 1.29 is 5.11 Å². The Bertz CT molecular complexity index is 453. The number of aromatic nitrogens is 2. The highest BCUT2D eigenvalue weighted by atomic mass is 16.3. The number of hydrogen-bond acceptors (Lipinski definition) is 3.